The van der Waals surface area contributed by atoms with Crippen LogP contribution in [0.3, 0.4) is 0 Å². The van der Waals surface area contributed by atoms with E-state index in [4.69, 9.17) is 5.10 Å². The zero-order valence-corrected chi connectivity index (χ0v) is 13.4. The van der Waals surface area contributed by atoms with E-state index in [1.807, 2.05) is 0 Å². The minimum Gasteiger partial charge on any atom is -0.294 e. The second-order valence-electron chi connectivity index (χ2n) is 6.06. The standard InChI is InChI=1S/C17H28N2O/c1-5-13-8-10-14(11-9-13)19-16(7-3)17(12(4)20)15(6-2)18-19/h13-14H,5-11H2,1-4H3. The first-order chi connectivity index (χ1) is 9.62. The van der Waals surface area contributed by atoms with Gasteiger partial charge in [-0.25, -0.2) is 0 Å². The number of carbonyl (C=O) groups is 1. The Balaban J connectivity index is 2.30. The van der Waals surface area contributed by atoms with Crippen LogP contribution in [0.1, 0.15) is 87.6 Å². The van der Waals surface area contributed by atoms with E-state index in [0.717, 1.165) is 35.7 Å². The number of ketones is 1. The van der Waals surface area contributed by atoms with Gasteiger partial charge in [0.1, 0.15) is 0 Å². The molecule has 20 heavy (non-hydrogen) atoms. The van der Waals surface area contributed by atoms with Crippen LogP contribution in [0.25, 0.3) is 0 Å². The molecule has 0 spiro atoms. The summed E-state index contributed by atoms with van der Waals surface area (Å²) in [5.74, 6) is 1.07. The fraction of sp³-hybridized carbons (Fsp3) is 0.765. The molecular weight excluding hydrogens is 248 g/mol. The Morgan fingerprint density at radius 3 is 2.25 bits per heavy atom. The number of rotatable bonds is 5. The van der Waals surface area contributed by atoms with E-state index in [0.29, 0.717) is 6.04 Å². The topological polar surface area (TPSA) is 34.9 Å². The predicted octanol–water partition coefficient (Wildman–Crippen LogP) is 4.35. The van der Waals surface area contributed by atoms with Crippen molar-refractivity contribution in [3.8, 4) is 0 Å². The number of hydrogen-bond donors (Lipinski definition) is 0. The van der Waals surface area contributed by atoms with Crippen LogP contribution in [0, 0.1) is 5.92 Å². The normalized spacial score (nSPS) is 23.0. The van der Waals surface area contributed by atoms with Gasteiger partial charge in [-0.05, 0) is 51.4 Å². The molecule has 0 atom stereocenters. The van der Waals surface area contributed by atoms with Crippen molar-refractivity contribution < 1.29 is 4.79 Å². The first kappa shape index (κ1) is 15.3. The molecule has 112 valence electrons. The lowest BCUT2D eigenvalue weighted by Crippen LogP contribution is -2.20. The van der Waals surface area contributed by atoms with Gasteiger partial charge in [-0.3, -0.25) is 9.48 Å². The van der Waals surface area contributed by atoms with Gasteiger partial charge in [-0.1, -0.05) is 27.2 Å². The highest BCUT2D eigenvalue weighted by molar-refractivity contribution is 5.96. The lowest BCUT2D eigenvalue weighted by atomic mass is 9.84. The first-order valence-corrected chi connectivity index (χ1v) is 8.23. The molecule has 1 saturated carbocycles. The molecular formula is C17H28N2O. The van der Waals surface area contributed by atoms with Crippen molar-refractivity contribution in [3.63, 3.8) is 0 Å². The minimum atomic E-state index is 0.173. The molecule has 0 bridgehead atoms. The Bertz CT molecular complexity index is 468. The van der Waals surface area contributed by atoms with Crippen LogP contribution >= 0.6 is 0 Å². The van der Waals surface area contributed by atoms with Crippen LogP contribution in [0.15, 0.2) is 0 Å². The number of aryl methyl sites for hydroxylation is 1. The summed E-state index contributed by atoms with van der Waals surface area (Å²) in [5, 5.41) is 4.79. The van der Waals surface area contributed by atoms with Gasteiger partial charge < -0.3 is 0 Å². The zero-order valence-electron chi connectivity index (χ0n) is 13.4. The summed E-state index contributed by atoms with van der Waals surface area (Å²) in [4.78, 5) is 11.9. The molecule has 0 radical (unpaired) electrons. The number of aromatic nitrogens is 2. The Labute approximate surface area is 122 Å². The van der Waals surface area contributed by atoms with Gasteiger partial charge in [0.05, 0.1) is 17.3 Å². The molecule has 3 heteroatoms. The summed E-state index contributed by atoms with van der Waals surface area (Å²) in [5.41, 5.74) is 3.05. The van der Waals surface area contributed by atoms with E-state index in [1.165, 1.54) is 32.1 Å². The van der Waals surface area contributed by atoms with Gasteiger partial charge in [0.25, 0.3) is 0 Å². The summed E-state index contributed by atoms with van der Waals surface area (Å²) in [6.07, 6.45) is 8.09. The van der Waals surface area contributed by atoms with E-state index < -0.39 is 0 Å². The summed E-state index contributed by atoms with van der Waals surface area (Å²) in [6.45, 7) is 8.19. The molecule has 1 aliphatic carbocycles. The number of nitrogens with zero attached hydrogens (tertiary/aromatic N) is 2. The van der Waals surface area contributed by atoms with Crippen LogP contribution in [0.4, 0.5) is 0 Å². The molecule has 1 aromatic heterocycles. The Hall–Kier alpha value is -1.12. The second-order valence-corrected chi connectivity index (χ2v) is 6.06. The van der Waals surface area contributed by atoms with Crippen molar-refractivity contribution in [2.45, 2.75) is 78.7 Å². The fourth-order valence-electron chi connectivity index (χ4n) is 3.61. The van der Waals surface area contributed by atoms with Gasteiger partial charge in [-0.15, -0.1) is 0 Å². The number of hydrogen-bond acceptors (Lipinski definition) is 2. The molecule has 0 unspecified atom stereocenters. The SMILES string of the molecule is CCc1nn(C2CCC(CC)CC2)c(CC)c1C(C)=O. The average Bonchev–Trinajstić information content (AvgIpc) is 2.86. The Morgan fingerprint density at radius 1 is 1.15 bits per heavy atom. The van der Waals surface area contributed by atoms with E-state index in [1.54, 1.807) is 6.92 Å². The fourth-order valence-corrected chi connectivity index (χ4v) is 3.61. The third kappa shape index (κ3) is 2.82. The quantitative estimate of drug-likeness (QED) is 0.749. The van der Waals surface area contributed by atoms with Crippen LogP contribution in [0.2, 0.25) is 0 Å². The van der Waals surface area contributed by atoms with Crippen LogP contribution in [0.5, 0.6) is 0 Å². The van der Waals surface area contributed by atoms with Gasteiger partial charge in [0.15, 0.2) is 5.78 Å². The highest BCUT2D eigenvalue weighted by Gasteiger charge is 2.27. The number of carbonyl (C=O) groups excluding carboxylic acids is 1. The van der Waals surface area contributed by atoms with E-state index in [-0.39, 0.29) is 5.78 Å². The highest BCUT2D eigenvalue weighted by Crippen LogP contribution is 2.35. The molecule has 0 amide bonds. The molecule has 1 heterocycles. The molecule has 0 N–H and O–H groups in total. The van der Waals surface area contributed by atoms with Gasteiger partial charge in [0.2, 0.25) is 0 Å². The maximum absolute atomic E-state index is 11.9. The van der Waals surface area contributed by atoms with Gasteiger partial charge >= 0.3 is 0 Å². The Kier molecular flexibility index (Phi) is 5.00. The zero-order chi connectivity index (χ0) is 14.7. The summed E-state index contributed by atoms with van der Waals surface area (Å²) < 4.78 is 2.20. The summed E-state index contributed by atoms with van der Waals surface area (Å²) >= 11 is 0. The molecule has 0 aromatic carbocycles. The monoisotopic (exact) mass is 276 g/mol. The van der Waals surface area contributed by atoms with Crippen molar-refractivity contribution in [2.75, 3.05) is 0 Å². The molecule has 1 fully saturated rings. The van der Waals surface area contributed by atoms with Crippen LogP contribution < -0.4 is 0 Å². The van der Waals surface area contributed by atoms with E-state index in [2.05, 4.69) is 25.5 Å². The van der Waals surface area contributed by atoms with Gasteiger partial charge in [-0.2, -0.15) is 5.10 Å². The number of Topliss-reactive ketones (excluding diaryl/α,β-unsaturated/α-hetero) is 1. The molecule has 0 saturated heterocycles. The lowest BCUT2D eigenvalue weighted by Gasteiger charge is -2.29. The second kappa shape index (κ2) is 6.55. The van der Waals surface area contributed by atoms with E-state index >= 15 is 0 Å². The third-order valence-corrected chi connectivity index (χ3v) is 4.84. The van der Waals surface area contributed by atoms with Crippen molar-refractivity contribution >= 4 is 5.78 Å². The molecule has 1 aromatic rings. The van der Waals surface area contributed by atoms with Crippen LogP contribution in [-0.2, 0) is 12.8 Å². The van der Waals surface area contributed by atoms with Crippen molar-refractivity contribution in [2.24, 2.45) is 5.92 Å². The maximum Gasteiger partial charge on any atom is 0.163 e. The smallest absolute Gasteiger partial charge is 0.163 e. The average molecular weight is 276 g/mol. The molecule has 2 rings (SSSR count). The maximum atomic E-state index is 11.9. The first-order valence-electron chi connectivity index (χ1n) is 8.23. The summed E-state index contributed by atoms with van der Waals surface area (Å²) in [6, 6.07) is 0.506. The highest BCUT2D eigenvalue weighted by atomic mass is 16.1. The summed E-state index contributed by atoms with van der Waals surface area (Å²) in [7, 11) is 0. The Morgan fingerprint density at radius 2 is 1.80 bits per heavy atom. The van der Waals surface area contributed by atoms with Crippen LogP contribution in [-0.4, -0.2) is 15.6 Å². The molecule has 1 aliphatic rings. The molecule has 0 aliphatic heterocycles. The lowest BCUT2D eigenvalue weighted by molar-refractivity contribution is 0.101. The van der Waals surface area contributed by atoms with E-state index in [9.17, 15) is 4.79 Å². The minimum absolute atomic E-state index is 0.173. The van der Waals surface area contributed by atoms with Crippen molar-refractivity contribution in [3.05, 3.63) is 17.0 Å². The van der Waals surface area contributed by atoms with Crippen molar-refractivity contribution in [1.82, 2.24) is 9.78 Å². The molecule has 3 nitrogen and oxygen atoms in total. The largest absolute Gasteiger partial charge is 0.294 e. The third-order valence-electron chi connectivity index (χ3n) is 4.84. The predicted molar refractivity (Wildman–Crippen MR) is 82.3 cm³/mol. The van der Waals surface area contributed by atoms with Crippen molar-refractivity contribution in [1.29, 1.82) is 0 Å². The van der Waals surface area contributed by atoms with Gasteiger partial charge in [0, 0.05) is 5.69 Å².